The van der Waals surface area contributed by atoms with Crippen LogP contribution in [0.2, 0.25) is 0 Å². The van der Waals surface area contributed by atoms with E-state index in [1.807, 2.05) is 0 Å². The summed E-state index contributed by atoms with van der Waals surface area (Å²) in [5, 5.41) is 3.49. The lowest BCUT2D eigenvalue weighted by Gasteiger charge is -2.25. The third kappa shape index (κ3) is 23.5. The quantitative estimate of drug-likeness (QED) is 0.0318. The van der Waals surface area contributed by atoms with E-state index in [2.05, 4.69) is 521 Å². The smallest absolute Gasteiger partial charge is 0.329 e. The Labute approximate surface area is 912 Å². The van der Waals surface area contributed by atoms with Gasteiger partial charge < -0.3 is 10.1 Å². The van der Waals surface area contributed by atoms with E-state index in [1.54, 1.807) is 0 Å². The Morgan fingerprint density at radius 2 is 0.336 bits per heavy atom. The normalized spacial score (nSPS) is 12.3. The number of esters is 1. The van der Waals surface area contributed by atoms with Crippen molar-refractivity contribution < 1.29 is 14.3 Å². The van der Waals surface area contributed by atoms with Gasteiger partial charge in [0.1, 0.15) is 6.04 Å². The number of carbonyl (C=O) groups excluding carboxylic acids is 2. The maximum absolute atomic E-state index is 17.8. The number of ether oxygens (including phenoxy) is 1. The molecule has 0 unspecified atom stereocenters. The molecule has 0 aliphatic rings. The fraction of sp³-hybridized carbons (Fsp3) is 0.357. The first-order valence-electron chi connectivity index (χ1n) is 55.6. The van der Waals surface area contributed by atoms with Gasteiger partial charge in [-0.3, -0.25) is 4.79 Å². The van der Waals surface area contributed by atoms with Gasteiger partial charge in [0.15, 0.2) is 0 Å². The van der Waals surface area contributed by atoms with Crippen LogP contribution in [0.15, 0.2) is 273 Å². The zero-order valence-corrected chi connectivity index (χ0v) is 98.5. The molecule has 0 fully saturated rings. The molecule has 0 aromatic heterocycles. The van der Waals surface area contributed by atoms with E-state index in [0.29, 0.717) is 16.7 Å². The molecule has 6 heteroatoms. The SMILES string of the molecule is COC(=O)[C@H](CSI)NC(=O)c1c(-c2cc(-c3cc(-c4c(C(C)C)cccc4C(C)C)cc(-c4c(C(C)C)cccc4C(C)C)c3)cc(-c3cc(-c4c(C(C)C)cccc4C(C)C)cc(-c4c(C(C)C)cccc4C(C)C)c3)c2)cccc1-c1cc(-c2cc(-c3c(C(C)C)cccc3C(C)C)cc(-c3c(C(C)C)cccc3C(C)C)c2)cc(-c2cc(-c3c(C(C)C)cccc3C(C)C)cc(-c3c(C(C)C)cccc3C(C)C)c2)c1. The molecule has 0 spiro atoms. The summed E-state index contributed by atoms with van der Waals surface area (Å²) in [6.45, 7) is 75.0. The number of methoxy groups -OCH3 is 1. The molecule has 15 rings (SSSR count). The van der Waals surface area contributed by atoms with Gasteiger partial charge in [-0.25, -0.2) is 4.79 Å². The van der Waals surface area contributed by atoms with Gasteiger partial charge in [-0.1, -0.05) is 394 Å². The average Bonchev–Trinajstić information content (AvgIpc) is 0.754. The van der Waals surface area contributed by atoms with Gasteiger partial charge in [-0.2, -0.15) is 0 Å². The Bertz CT molecular complexity index is 6090. The number of amides is 1. The van der Waals surface area contributed by atoms with Crippen LogP contribution in [0.4, 0.5) is 0 Å². The van der Waals surface area contributed by atoms with E-state index < -0.39 is 17.9 Å². The van der Waals surface area contributed by atoms with E-state index in [0.717, 1.165) is 100 Å². The van der Waals surface area contributed by atoms with Crippen molar-refractivity contribution in [3.8, 4) is 156 Å². The van der Waals surface area contributed by atoms with E-state index in [1.165, 1.54) is 150 Å². The minimum Gasteiger partial charge on any atom is -0.467 e. The molecule has 0 heterocycles. The molecule has 15 aromatic rings. The van der Waals surface area contributed by atoms with Gasteiger partial charge in [0.2, 0.25) is 0 Å². The molecular formula is C143H164INO3S. The zero-order valence-electron chi connectivity index (χ0n) is 95.5. The van der Waals surface area contributed by atoms with Crippen molar-refractivity contribution in [1.82, 2.24) is 5.32 Å². The monoisotopic (exact) mass is 2100 g/mol. The predicted molar refractivity (Wildman–Crippen MR) is 658 cm³/mol. The lowest BCUT2D eigenvalue weighted by atomic mass is 9.79. The van der Waals surface area contributed by atoms with Crippen LogP contribution in [0.25, 0.3) is 156 Å². The van der Waals surface area contributed by atoms with Crippen molar-refractivity contribution in [3.05, 3.63) is 368 Å². The van der Waals surface area contributed by atoms with Crippen LogP contribution in [0.3, 0.4) is 0 Å². The number of halogens is 1. The molecule has 1 atom stereocenters. The van der Waals surface area contributed by atoms with E-state index in [-0.39, 0.29) is 100 Å². The standard InChI is InChI=1S/C143H164INO3S/c1-80(2)114-43-34-44-115(81(3)4)133(114)106-67-100(68-107(75-106)134-116(82(5)6)45-35-46-117(134)83(7)8)96-61-97(101-69-108(135-118(84(9)10)47-36-48-119(135)85(11)12)76-109(70-101)136-120(86(13)14)49-37-50-121(136)87(15)16)64-104(63-96)130-59-42-60-131(141(130)142(146)145-132(79-149-144)143(147)148-33)105-65-98(102-71-110(137-122(88(17)18)51-38-52-123(137)89(19)20)77-111(72-102)138-124(90(21)22)53-39-54-125(138)91(23)24)62-99(66-105)103-73-112(139-126(92(25)26)55-40-56-127(139)93(27)28)78-113(74-103)140-128(94(29)30)57-41-58-129(140)95(31)32/h34-78,80-95,132H,79H2,1-33H3,(H,145,146)/t132-/m0/s1. The highest BCUT2D eigenvalue weighted by atomic mass is 127. The largest absolute Gasteiger partial charge is 0.467 e. The first kappa shape index (κ1) is 111. The molecule has 149 heavy (non-hydrogen) atoms. The summed E-state index contributed by atoms with van der Waals surface area (Å²) >= 11 is 2.26. The summed E-state index contributed by atoms with van der Waals surface area (Å²) in [6.07, 6.45) is 0. The maximum atomic E-state index is 17.8. The summed E-state index contributed by atoms with van der Waals surface area (Å²) in [5.74, 6) is 2.58. The second kappa shape index (κ2) is 47.5. The van der Waals surface area contributed by atoms with Crippen LogP contribution in [0.5, 0.6) is 0 Å². The number of hydrogen-bond donors (Lipinski definition) is 1. The second-order valence-electron chi connectivity index (χ2n) is 47.3. The lowest BCUT2D eigenvalue weighted by Crippen LogP contribution is -2.43. The molecule has 4 nitrogen and oxygen atoms in total. The summed E-state index contributed by atoms with van der Waals surface area (Å²) < 4.78 is 5.78. The Balaban J connectivity index is 1.18. The number of benzene rings is 15. The minimum absolute atomic E-state index is 0.203. The van der Waals surface area contributed by atoms with Crippen LogP contribution in [0, 0.1) is 0 Å². The molecule has 0 aliphatic heterocycles. The third-order valence-electron chi connectivity index (χ3n) is 31.2. The van der Waals surface area contributed by atoms with Crippen molar-refractivity contribution in [3.63, 3.8) is 0 Å². The third-order valence-corrected chi connectivity index (χ3v) is 32.7. The fourth-order valence-electron chi connectivity index (χ4n) is 23.5. The van der Waals surface area contributed by atoms with Gasteiger partial charge in [-0.05, 0) is 470 Å². The number of nitrogens with one attached hydrogen (secondary N) is 1. The van der Waals surface area contributed by atoms with Gasteiger partial charge in [-0.15, -0.1) is 0 Å². The lowest BCUT2D eigenvalue weighted by molar-refractivity contribution is -0.142. The van der Waals surface area contributed by atoms with Crippen molar-refractivity contribution in [2.45, 2.75) is 322 Å². The first-order chi connectivity index (χ1) is 70.9. The van der Waals surface area contributed by atoms with E-state index >= 15 is 4.79 Å². The second-order valence-corrected chi connectivity index (χ2v) is 49.7. The highest BCUT2D eigenvalue weighted by Gasteiger charge is 2.33. The van der Waals surface area contributed by atoms with Crippen LogP contribution in [-0.4, -0.2) is 30.8 Å². The molecule has 0 radical (unpaired) electrons. The van der Waals surface area contributed by atoms with Crippen LogP contribution in [-0.2, 0) is 9.53 Å². The van der Waals surface area contributed by atoms with Crippen molar-refractivity contribution in [2.24, 2.45) is 0 Å². The van der Waals surface area contributed by atoms with E-state index in [4.69, 9.17) is 4.74 Å². The van der Waals surface area contributed by atoms with Crippen LogP contribution in [0.1, 0.15) is 416 Å². The summed E-state index contributed by atoms with van der Waals surface area (Å²) in [4.78, 5) is 32.7. The van der Waals surface area contributed by atoms with Gasteiger partial charge in [0.05, 0.1) is 12.7 Å². The molecule has 0 saturated carbocycles. The number of hydrogen-bond acceptors (Lipinski definition) is 4. The van der Waals surface area contributed by atoms with Gasteiger partial charge in [0, 0.05) is 5.75 Å². The molecule has 0 saturated heterocycles. The number of rotatable bonds is 35. The molecule has 0 bridgehead atoms. The molecule has 15 aromatic carbocycles. The van der Waals surface area contributed by atoms with Crippen LogP contribution < -0.4 is 5.32 Å². The van der Waals surface area contributed by atoms with Gasteiger partial charge >= 0.3 is 5.97 Å². The summed E-state index contributed by atoms with van der Waals surface area (Å²) in [7, 11) is 2.91. The summed E-state index contributed by atoms with van der Waals surface area (Å²) in [6, 6.07) is 106. The van der Waals surface area contributed by atoms with Crippen LogP contribution >= 0.6 is 30.1 Å². The Morgan fingerprint density at radius 3 is 0.470 bits per heavy atom. The average molecular weight is 2100 g/mol. The molecule has 772 valence electrons. The molecule has 1 N–H and O–H groups in total. The Hall–Kier alpha value is -11.7. The maximum Gasteiger partial charge on any atom is 0.329 e. The Morgan fingerprint density at radius 1 is 0.208 bits per heavy atom. The highest BCUT2D eigenvalue weighted by molar-refractivity contribution is 14.2. The minimum atomic E-state index is -1.03. The highest BCUT2D eigenvalue weighted by Crippen LogP contribution is 2.54. The number of carbonyl (C=O) groups is 2. The molecular weight excluding hydrogens is 1940 g/mol. The van der Waals surface area contributed by atoms with Crippen molar-refractivity contribution in [1.29, 1.82) is 0 Å². The van der Waals surface area contributed by atoms with Gasteiger partial charge in [0.25, 0.3) is 5.91 Å². The summed E-state index contributed by atoms with van der Waals surface area (Å²) in [5.41, 5.74) is 51.9. The predicted octanol–water partition coefficient (Wildman–Crippen LogP) is 43.4. The van der Waals surface area contributed by atoms with E-state index in [9.17, 15) is 4.79 Å². The van der Waals surface area contributed by atoms with Crippen molar-refractivity contribution >= 4 is 42.0 Å². The fourth-order valence-corrected chi connectivity index (χ4v) is 24.9. The Kier molecular flexibility index (Phi) is 35.5. The van der Waals surface area contributed by atoms with Crippen molar-refractivity contribution in [2.75, 3.05) is 12.9 Å². The molecule has 0 aliphatic carbocycles. The first-order valence-corrected chi connectivity index (χ1v) is 59.2. The zero-order chi connectivity index (χ0) is 108. The molecule has 1 amide bonds. The topological polar surface area (TPSA) is 55.4 Å².